The molecule has 1 nitrogen and oxygen atoms in total. The van der Waals surface area contributed by atoms with Gasteiger partial charge in [0.25, 0.3) is 0 Å². The summed E-state index contributed by atoms with van der Waals surface area (Å²) in [6.07, 6.45) is -0.626. The van der Waals surface area contributed by atoms with E-state index in [0.29, 0.717) is 5.02 Å². The highest BCUT2D eigenvalue weighted by Gasteiger charge is 2.16. The monoisotopic (exact) mass is 312 g/mol. The maximum atomic E-state index is 9.60. The molecule has 1 N–H and O–H groups in total. The maximum absolute atomic E-state index is 9.60. The number of benzene rings is 1. The van der Waals surface area contributed by atoms with Crippen LogP contribution in [0.1, 0.15) is 11.7 Å². The van der Waals surface area contributed by atoms with Gasteiger partial charge in [-0.25, -0.2) is 0 Å². The number of halogens is 3. The zero-order valence-corrected chi connectivity index (χ0v) is 9.97. The molecule has 0 aliphatic rings. The topological polar surface area (TPSA) is 20.2 Å². The van der Waals surface area contributed by atoms with E-state index in [1.165, 1.54) is 0 Å². The summed E-state index contributed by atoms with van der Waals surface area (Å²) >= 11 is 12.3. The highest BCUT2D eigenvalue weighted by atomic mass is 79.9. The van der Waals surface area contributed by atoms with Gasteiger partial charge in [0.05, 0.1) is 3.74 Å². The molecule has 0 saturated carbocycles. The minimum absolute atomic E-state index is 0.176. The van der Waals surface area contributed by atoms with E-state index in [1.807, 2.05) is 12.1 Å². The van der Waals surface area contributed by atoms with Crippen LogP contribution in [0.15, 0.2) is 24.3 Å². The van der Waals surface area contributed by atoms with Crippen molar-refractivity contribution in [3.63, 3.8) is 0 Å². The van der Waals surface area contributed by atoms with Crippen molar-refractivity contribution in [1.82, 2.24) is 0 Å². The van der Waals surface area contributed by atoms with Gasteiger partial charge in [0.2, 0.25) is 0 Å². The SMILES string of the molecule is OC(c1ccccc1Cl)C(Br)Br. The van der Waals surface area contributed by atoms with E-state index in [9.17, 15) is 5.11 Å². The third-order valence-corrected chi connectivity index (χ3v) is 2.81. The van der Waals surface area contributed by atoms with E-state index < -0.39 is 6.10 Å². The lowest BCUT2D eigenvalue weighted by Crippen LogP contribution is -2.05. The first-order chi connectivity index (χ1) is 5.63. The van der Waals surface area contributed by atoms with Gasteiger partial charge in [-0.3, -0.25) is 0 Å². The molecule has 0 amide bonds. The highest BCUT2D eigenvalue weighted by molar-refractivity contribution is 9.24. The summed E-state index contributed by atoms with van der Waals surface area (Å²) in [4.78, 5) is 0. The number of hydrogen-bond acceptors (Lipinski definition) is 1. The molecule has 12 heavy (non-hydrogen) atoms. The summed E-state index contributed by atoms with van der Waals surface area (Å²) in [7, 11) is 0. The van der Waals surface area contributed by atoms with E-state index in [0.717, 1.165) is 5.56 Å². The van der Waals surface area contributed by atoms with Crippen molar-refractivity contribution in [2.24, 2.45) is 0 Å². The van der Waals surface area contributed by atoms with Crippen LogP contribution in [0.4, 0.5) is 0 Å². The fourth-order valence-corrected chi connectivity index (χ4v) is 1.67. The van der Waals surface area contributed by atoms with Gasteiger partial charge >= 0.3 is 0 Å². The second-order valence-electron chi connectivity index (χ2n) is 2.30. The minimum atomic E-state index is -0.626. The van der Waals surface area contributed by atoms with Crippen molar-refractivity contribution in [2.75, 3.05) is 0 Å². The molecule has 1 rings (SSSR count). The van der Waals surface area contributed by atoms with Crippen molar-refractivity contribution < 1.29 is 5.11 Å². The van der Waals surface area contributed by atoms with Crippen molar-refractivity contribution in [3.8, 4) is 0 Å². The lowest BCUT2D eigenvalue weighted by Gasteiger charge is -2.13. The van der Waals surface area contributed by atoms with E-state index in [-0.39, 0.29) is 3.74 Å². The van der Waals surface area contributed by atoms with Crippen LogP contribution >= 0.6 is 43.5 Å². The molecule has 66 valence electrons. The van der Waals surface area contributed by atoms with Crippen LogP contribution in [0.25, 0.3) is 0 Å². The zero-order chi connectivity index (χ0) is 9.14. The lowest BCUT2D eigenvalue weighted by molar-refractivity contribution is 0.199. The Balaban J connectivity index is 2.94. The number of aliphatic hydroxyl groups excluding tert-OH is 1. The maximum Gasteiger partial charge on any atom is 0.103 e. The summed E-state index contributed by atoms with van der Waals surface area (Å²) in [5, 5.41) is 10.2. The van der Waals surface area contributed by atoms with Crippen LogP contribution in [0.5, 0.6) is 0 Å². The first-order valence-corrected chi connectivity index (χ1v) is 5.54. The van der Waals surface area contributed by atoms with E-state index >= 15 is 0 Å². The Morgan fingerprint density at radius 1 is 1.25 bits per heavy atom. The first kappa shape index (κ1) is 10.5. The summed E-state index contributed by atoms with van der Waals surface area (Å²) in [6, 6.07) is 7.22. The molecule has 0 aliphatic heterocycles. The van der Waals surface area contributed by atoms with E-state index in [4.69, 9.17) is 11.6 Å². The van der Waals surface area contributed by atoms with Crippen LogP contribution in [0.3, 0.4) is 0 Å². The average molecular weight is 314 g/mol. The third kappa shape index (κ3) is 2.46. The largest absolute Gasteiger partial charge is 0.386 e. The molecule has 0 heterocycles. The number of hydrogen-bond donors (Lipinski definition) is 1. The number of rotatable bonds is 2. The molecule has 0 saturated heterocycles. The second kappa shape index (κ2) is 4.61. The Labute approximate surface area is 93.0 Å². The van der Waals surface area contributed by atoms with Gasteiger partial charge < -0.3 is 5.11 Å². The lowest BCUT2D eigenvalue weighted by atomic mass is 10.1. The van der Waals surface area contributed by atoms with Gasteiger partial charge in [-0.2, -0.15) is 0 Å². The molecule has 1 aromatic rings. The van der Waals surface area contributed by atoms with Gasteiger partial charge in [-0.05, 0) is 6.07 Å². The Hall–Kier alpha value is 0.430. The summed E-state index contributed by atoms with van der Waals surface area (Å²) in [5.41, 5.74) is 0.720. The van der Waals surface area contributed by atoms with E-state index in [2.05, 4.69) is 31.9 Å². The fourth-order valence-electron chi connectivity index (χ4n) is 0.851. The minimum Gasteiger partial charge on any atom is -0.386 e. The van der Waals surface area contributed by atoms with Gasteiger partial charge in [-0.15, -0.1) is 0 Å². The molecule has 1 unspecified atom stereocenters. The van der Waals surface area contributed by atoms with E-state index in [1.54, 1.807) is 12.1 Å². The molecule has 0 spiro atoms. The van der Waals surface area contributed by atoms with Gasteiger partial charge in [-0.1, -0.05) is 61.7 Å². The van der Waals surface area contributed by atoms with Crippen molar-refractivity contribution in [2.45, 2.75) is 9.84 Å². The predicted octanol–water partition coefficient (Wildman–Crippen LogP) is 3.49. The van der Waals surface area contributed by atoms with Crippen LogP contribution < -0.4 is 0 Å². The molecule has 1 atom stereocenters. The number of aliphatic hydroxyl groups is 1. The summed E-state index contributed by atoms with van der Waals surface area (Å²) in [6.45, 7) is 0. The first-order valence-electron chi connectivity index (χ1n) is 3.33. The van der Waals surface area contributed by atoms with Crippen LogP contribution in [0, 0.1) is 0 Å². The highest BCUT2D eigenvalue weighted by Crippen LogP contribution is 2.31. The van der Waals surface area contributed by atoms with Gasteiger partial charge in [0, 0.05) is 10.6 Å². The van der Waals surface area contributed by atoms with Crippen molar-refractivity contribution in [1.29, 1.82) is 0 Å². The molecule has 0 aromatic heterocycles. The molecule has 0 radical (unpaired) electrons. The summed E-state index contributed by atoms with van der Waals surface area (Å²) in [5.74, 6) is 0. The molecular formula is C8H7Br2ClO. The Kier molecular flexibility index (Phi) is 4.03. The van der Waals surface area contributed by atoms with Gasteiger partial charge in [0.15, 0.2) is 0 Å². The smallest absolute Gasteiger partial charge is 0.103 e. The van der Waals surface area contributed by atoms with Gasteiger partial charge in [0.1, 0.15) is 6.10 Å². The predicted molar refractivity (Wildman–Crippen MR) is 58.1 cm³/mol. The normalized spacial score (nSPS) is 13.4. The van der Waals surface area contributed by atoms with Crippen molar-refractivity contribution >= 4 is 43.5 Å². The van der Waals surface area contributed by atoms with Crippen LogP contribution in [-0.2, 0) is 0 Å². The molecule has 1 aromatic carbocycles. The zero-order valence-electron chi connectivity index (χ0n) is 6.05. The molecular weight excluding hydrogens is 307 g/mol. The van der Waals surface area contributed by atoms with Crippen LogP contribution in [-0.4, -0.2) is 8.84 Å². The molecule has 4 heteroatoms. The quantitative estimate of drug-likeness (QED) is 0.829. The fraction of sp³-hybridized carbons (Fsp3) is 0.250. The average Bonchev–Trinajstić information content (AvgIpc) is 2.04. The summed E-state index contributed by atoms with van der Waals surface area (Å²) < 4.78 is -0.176. The Morgan fingerprint density at radius 2 is 1.83 bits per heavy atom. The Bertz CT molecular complexity index is 265. The molecule has 0 fully saturated rings. The van der Waals surface area contributed by atoms with Crippen LogP contribution in [0.2, 0.25) is 5.02 Å². The standard InChI is InChI=1S/C8H7Br2ClO/c9-8(10)7(12)5-3-1-2-4-6(5)11/h1-4,7-8,12H. The third-order valence-electron chi connectivity index (χ3n) is 1.46. The second-order valence-corrected chi connectivity index (χ2v) is 5.91. The Morgan fingerprint density at radius 3 is 2.33 bits per heavy atom. The number of alkyl halides is 2. The van der Waals surface area contributed by atoms with Crippen molar-refractivity contribution in [3.05, 3.63) is 34.9 Å². The molecule has 0 bridgehead atoms. The molecule has 0 aliphatic carbocycles.